The van der Waals surface area contributed by atoms with E-state index in [2.05, 4.69) is 5.32 Å². The Hall–Kier alpha value is -2.69. The Morgan fingerprint density at radius 3 is 2.50 bits per heavy atom. The van der Waals surface area contributed by atoms with Crippen LogP contribution in [-0.4, -0.2) is 49.4 Å². The second-order valence-electron chi connectivity index (χ2n) is 5.16. The SMILES string of the molecule is O=C(COc1ccc([N+](=O)[O-])cc1)NC(=O)N[C@H]1CCS(=O)(=O)C1. The average Bonchev–Trinajstić information content (AvgIpc) is 2.84. The predicted octanol–water partition coefficient (Wildman–Crippen LogP) is -0.0135. The van der Waals surface area contributed by atoms with E-state index < -0.39 is 39.3 Å². The van der Waals surface area contributed by atoms with Crippen molar-refractivity contribution in [3.63, 3.8) is 0 Å². The third-order valence-electron chi connectivity index (χ3n) is 3.24. The summed E-state index contributed by atoms with van der Waals surface area (Å²) in [5, 5.41) is 14.9. The molecule has 10 nitrogen and oxygen atoms in total. The van der Waals surface area contributed by atoms with Gasteiger partial charge in [0, 0.05) is 18.2 Å². The van der Waals surface area contributed by atoms with Crippen LogP contribution in [0.25, 0.3) is 0 Å². The molecule has 130 valence electrons. The van der Waals surface area contributed by atoms with Crippen molar-refractivity contribution in [2.45, 2.75) is 12.5 Å². The number of carbonyl (C=O) groups excluding carboxylic acids is 2. The lowest BCUT2D eigenvalue weighted by molar-refractivity contribution is -0.384. The van der Waals surface area contributed by atoms with Gasteiger partial charge in [-0.15, -0.1) is 0 Å². The summed E-state index contributed by atoms with van der Waals surface area (Å²) >= 11 is 0. The molecule has 0 aromatic heterocycles. The van der Waals surface area contributed by atoms with E-state index in [9.17, 15) is 28.1 Å². The van der Waals surface area contributed by atoms with Gasteiger partial charge < -0.3 is 10.1 Å². The summed E-state index contributed by atoms with van der Waals surface area (Å²) in [6.07, 6.45) is 0.309. The molecule has 0 aliphatic carbocycles. The summed E-state index contributed by atoms with van der Waals surface area (Å²) in [7, 11) is -3.13. The van der Waals surface area contributed by atoms with Crippen LogP contribution < -0.4 is 15.4 Å². The minimum absolute atomic E-state index is 0.00908. The van der Waals surface area contributed by atoms with Crippen LogP contribution in [0, 0.1) is 10.1 Å². The predicted molar refractivity (Wildman–Crippen MR) is 82.3 cm³/mol. The molecule has 11 heteroatoms. The molecule has 2 rings (SSSR count). The maximum atomic E-state index is 11.6. The summed E-state index contributed by atoms with van der Waals surface area (Å²) in [5.41, 5.74) is -0.113. The summed E-state index contributed by atoms with van der Waals surface area (Å²) < 4.78 is 27.6. The van der Waals surface area contributed by atoms with Gasteiger partial charge in [0.25, 0.3) is 11.6 Å². The summed E-state index contributed by atoms with van der Waals surface area (Å²) in [5.74, 6) is -0.631. The van der Waals surface area contributed by atoms with Gasteiger partial charge in [-0.2, -0.15) is 0 Å². The number of nitrogens with zero attached hydrogens (tertiary/aromatic N) is 1. The number of ether oxygens (including phenoxy) is 1. The van der Waals surface area contributed by atoms with Gasteiger partial charge in [0.1, 0.15) is 5.75 Å². The zero-order chi connectivity index (χ0) is 17.7. The number of sulfone groups is 1. The number of nitro groups is 1. The van der Waals surface area contributed by atoms with Crippen LogP contribution in [0.2, 0.25) is 0 Å². The van der Waals surface area contributed by atoms with Crippen molar-refractivity contribution in [1.29, 1.82) is 0 Å². The third kappa shape index (κ3) is 5.19. The minimum Gasteiger partial charge on any atom is -0.484 e. The van der Waals surface area contributed by atoms with Crippen LogP contribution >= 0.6 is 0 Å². The largest absolute Gasteiger partial charge is 0.484 e. The zero-order valence-electron chi connectivity index (χ0n) is 12.4. The van der Waals surface area contributed by atoms with Gasteiger partial charge in [-0.05, 0) is 18.6 Å². The number of non-ortho nitro benzene ring substituents is 1. The Kier molecular flexibility index (Phi) is 5.34. The first-order chi connectivity index (χ1) is 11.2. The van der Waals surface area contributed by atoms with Crippen LogP contribution in [0.5, 0.6) is 5.75 Å². The highest BCUT2D eigenvalue weighted by atomic mass is 32.2. The van der Waals surface area contributed by atoms with E-state index in [0.29, 0.717) is 6.42 Å². The number of nitrogens with one attached hydrogen (secondary N) is 2. The minimum atomic E-state index is -3.13. The van der Waals surface area contributed by atoms with Gasteiger partial charge in [-0.1, -0.05) is 0 Å². The Morgan fingerprint density at radius 2 is 1.96 bits per heavy atom. The second-order valence-corrected chi connectivity index (χ2v) is 7.39. The molecule has 1 aromatic carbocycles. The highest BCUT2D eigenvalue weighted by molar-refractivity contribution is 7.91. The highest BCUT2D eigenvalue weighted by Gasteiger charge is 2.29. The van der Waals surface area contributed by atoms with Crippen molar-refractivity contribution >= 4 is 27.5 Å². The van der Waals surface area contributed by atoms with Gasteiger partial charge in [0.15, 0.2) is 16.4 Å². The maximum Gasteiger partial charge on any atom is 0.321 e. The molecule has 1 aliphatic heterocycles. The molecule has 1 heterocycles. The molecule has 1 fully saturated rings. The number of benzene rings is 1. The third-order valence-corrected chi connectivity index (χ3v) is 5.01. The molecule has 1 aliphatic rings. The first kappa shape index (κ1) is 17.7. The molecule has 0 spiro atoms. The molecule has 0 unspecified atom stereocenters. The van der Waals surface area contributed by atoms with E-state index in [0.717, 1.165) is 0 Å². The summed E-state index contributed by atoms with van der Waals surface area (Å²) in [6.45, 7) is -0.464. The lowest BCUT2D eigenvalue weighted by Crippen LogP contribution is -2.46. The molecule has 24 heavy (non-hydrogen) atoms. The fraction of sp³-hybridized carbons (Fsp3) is 0.385. The Morgan fingerprint density at radius 1 is 1.29 bits per heavy atom. The molecule has 0 saturated carbocycles. The number of urea groups is 1. The number of amides is 3. The molecule has 3 amide bonds. The van der Waals surface area contributed by atoms with Crippen molar-refractivity contribution < 1.29 is 27.7 Å². The number of carbonyl (C=O) groups is 2. The smallest absolute Gasteiger partial charge is 0.321 e. The van der Waals surface area contributed by atoms with Crippen molar-refractivity contribution in [3.05, 3.63) is 34.4 Å². The summed E-state index contributed by atoms with van der Waals surface area (Å²) in [6, 6.07) is 3.79. The monoisotopic (exact) mass is 357 g/mol. The fourth-order valence-corrected chi connectivity index (χ4v) is 3.78. The zero-order valence-corrected chi connectivity index (χ0v) is 13.2. The van der Waals surface area contributed by atoms with Gasteiger partial charge in [-0.3, -0.25) is 20.2 Å². The van der Waals surface area contributed by atoms with E-state index in [4.69, 9.17) is 4.74 Å². The van der Waals surface area contributed by atoms with E-state index in [1.54, 1.807) is 0 Å². The van der Waals surface area contributed by atoms with Gasteiger partial charge in [0.05, 0.1) is 16.4 Å². The van der Waals surface area contributed by atoms with E-state index in [-0.39, 0.29) is 22.9 Å². The molecule has 0 bridgehead atoms. The van der Waals surface area contributed by atoms with Crippen molar-refractivity contribution in [1.82, 2.24) is 10.6 Å². The van der Waals surface area contributed by atoms with Gasteiger partial charge in [-0.25, -0.2) is 13.2 Å². The molecule has 1 aromatic rings. The van der Waals surface area contributed by atoms with E-state index in [1.165, 1.54) is 24.3 Å². The molecule has 2 N–H and O–H groups in total. The van der Waals surface area contributed by atoms with E-state index in [1.807, 2.05) is 5.32 Å². The van der Waals surface area contributed by atoms with Crippen molar-refractivity contribution in [3.8, 4) is 5.75 Å². The number of nitro benzene ring substituents is 1. The molecule has 1 atom stereocenters. The Bertz CT molecular complexity index is 745. The van der Waals surface area contributed by atoms with Gasteiger partial charge >= 0.3 is 6.03 Å². The van der Waals surface area contributed by atoms with Crippen molar-refractivity contribution in [2.24, 2.45) is 0 Å². The lowest BCUT2D eigenvalue weighted by atomic mass is 10.3. The highest BCUT2D eigenvalue weighted by Crippen LogP contribution is 2.17. The van der Waals surface area contributed by atoms with Crippen LogP contribution in [0.1, 0.15) is 6.42 Å². The topological polar surface area (TPSA) is 145 Å². The first-order valence-electron chi connectivity index (χ1n) is 6.93. The van der Waals surface area contributed by atoms with Crippen LogP contribution in [0.4, 0.5) is 10.5 Å². The van der Waals surface area contributed by atoms with Gasteiger partial charge in [0.2, 0.25) is 0 Å². The van der Waals surface area contributed by atoms with Crippen LogP contribution in [0.15, 0.2) is 24.3 Å². The number of rotatable bonds is 5. The molecular formula is C13H15N3O7S. The number of hydrogen-bond donors (Lipinski definition) is 2. The normalized spacial score (nSPS) is 18.6. The number of hydrogen-bond acceptors (Lipinski definition) is 7. The Balaban J connectivity index is 1.74. The summed E-state index contributed by atoms with van der Waals surface area (Å²) in [4.78, 5) is 33.1. The van der Waals surface area contributed by atoms with Crippen molar-refractivity contribution in [2.75, 3.05) is 18.1 Å². The standard InChI is InChI=1S/C13H15N3O7S/c17-12(7-23-11-3-1-10(2-4-11)16(19)20)15-13(18)14-9-5-6-24(21,22)8-9/h1-4,9H,5-8H2,(H2,14,15,17,18)/t9-/m0/s1. The molecule has 1 saturated heterocycles. The molecule has 0 radical (unpaired) electrons. The quantitative estimate of drug-likeness (QED) is 0.556. The second kappa shape index (κ2) is 7.25. The first-order valence-corrected chi connectivity index (χ1v) is 8.75. The maximum absolute atomic E-state index is 11.6. The Labute approximate surface area is 137 Å². The van der Waals surface area contributed by atoms with Crippen LogP contribution in [0.3, 0.4) is 0 Å². The fourth-order valence-electron chi connectivity index (χ4n) is 2.11. The van der Waals surface area contributed by atoms with E-state index >= 15 is 0 Å². The average molecular weight is 357 g/mol. The molecular weight excluding hydrogens is 342 g/mol. The lowest BCUT2D eigenvalue weighted by Gasteiger charge is -2.11. The van der Waals surface area contributed by atoms with Crippen LogP contribution in [-0.2, 0) is 14.6 Å². The number of imide groups is 1.